The standard InChI is InChI=1S/C28H36F3N5O5/c1-27(2,3)41-25(38)34(4)14-15-35(18-23-21(28(29,30)31)9-7-12-32-23)24(37)16-33-22-10-6-8-19-17-36(26(39)40-5)13-11-20(19)22/h6-10,12,33H,11,13-18H2,1-5H3. The lowest BCUT2D eigenvalue weighted by molar-refractivity contribution is -0.140. The summed E-state index contributed by atoms with van der Waals surface area (Å²) < 4.78 is 51.1. The largest absolute Gasteiger partial charge is 0.453 e. The number of ether oxygens (including phenoxy) is 2. The second-order valence-corrected chi connectivity index (χ2v) is 10.7. The summed E-state index contributed by atoms with van der Waals surface area (Å²) >= 11 is 0. The number of likely N-dealkylation sites (N-methyl/N-ethyl adjacent to an activating group) is 1. The molecule has 13 heteroatoms. The zero-order valence-electron chi connectivity index (χ0n) is 23.9. The molecule has 1 aliphatic heterocycles. The van der Waals surface area contributed by atoms with Gasteiger partial charge in [-0.25, -0.2) is 9.59 Å². The van der Waals surface area contributed by atoms with E-state index in [1.807, 2.05) is 6.07 Å². The highest BCUT2D eigenvalue weighted by Gasteiger charge is 2.35. The molecule has 0 fully saturated rings. The number of nitrogens with zero attached hydrogens (tertiary/aromatic N) is 4. The molecule has 0 spiro atoms. The maximum Gasteiger partial charge on any atom is 0.418 e. The Balaban J connectivity index is 1.77. The van der Waals surface area contributed by atoms with Crippen LogP contribution < -0.4 is 5.32 Å². The number of anilines is 1. The number of methoxy groups -OCH3 is 1. The Kier molecular flexibility index (Phi) is 10.1. The fourth-order valence-electron chi connectivity index (χ4n) is 4.34. The number of benzene rings is 1. The number of rotatable bonds is 8. The van der Waals surface area contributed by atoms with Gasteiger partial charge in [0.05, 0.1) is 31.5 Å². The number of amides is 3. The van der Waals surface area contributed by atoms with E-state index < -0.39 is 42.0 Å². The first-order chi connectivity index (χ1) is 19.2. The van der Waals surface area contributed by atoms with Crippen LogP contribution in [0.25, 0.3) is 0 Å². The van der Waals surface area contributed by atoms with Gasteiger partial charge in [0.25, 0.3) is 0 Å². The maximum absolute atomic E-state index is 13.6. The lowest BCUT2D eigenvalue weighted by Crippen LogP contribution is -2.43. The molecule has 0 bridgehead atoms. The molecule has 224 valence electrons. The Labute approximate surface area is 237 Å². The second kappa shape index (κ2) is 13.1. The molecular weight excluding hydrogens is 543 g/mol. The van der Waals surface area contributed by atoms with Crippen LogP contribution in [0, 0.1) is 0 Å². The van der Waals surface area contributed by atoms with Crippen molar-refractivity contribution in [1.82, 2.24) is 19.7 Å². The molecule has 3 amide bonds. The Hall–Kier alpha value is -4.03. The van der Waals surface area contributed by atoms with E-state index >= 15 is 0 Å². The second-order valence-electron chi connectivity index (χ2n) is 10.7. The Morgan fingerprint density at radius 2 is 1.83 bits per heavy atom. The number of carbonyl (C=O) groups excluding carboxylic acids is 3. The van der Waals surface area contributed by atoms with Crippen LogP contribution in [0.15, 0.2) is 36.5 Å². The number of hydrogen-bond donors (Lipinski definition) is 1. The topological polar surface area (TPSA) is 104 Å². The van der Waals surface area contributed by atoms with Crippen molar-refractivity contribution in [3.63, 3.8) is 0 Å². The first kappa shape index (κ1) is 31.5. The van der Waals surface area contributed by atoms with Crippen molar-refractivity contribution in [2.45, 2.75) is 52.1 Å². The molecule has 1 N–H and O–H groups in total. The van der Waals surface area contributed by atoms with E-state index in [4.69, 9.17) is 9.47 Å². The lowest BCUT2D eigenvalue weighted by atomic mass is 9.98. The predicted octanol–water partition coefficient (Wildman–Crippen LogP) is 4.53. The van der Waals surface area contributed by atoms with Gasteiger partial charge in [-0.15, -0.1) is 0 Å². The molecule has 0 unspecified atom stereocenters. The molecule has 0 atom stereocenters. The van der Waals surface area contributed by atoms with Crippen molar-refractivity contribution in [2.75, 3.05) is 45.7 Å². The number of alkyl halides is 3. The highest BCUT2D eigenvalue weighted by atomic mass is 19.4. The molecule has 41 heavy (non-hydrogen) atoms. The minimum atomic E-state index is -4.65. The highest BCUT2D eigenvalue weighted by molar-refractivity contribution is 5.81. The van der Waals surface area contributed by atoms with Crippen LogP contribution in [0.2, 0.25) is 0 Å². The first-order valence-corrected chi connectivity index (χ1v) is 13.1. The molecule has 0 radical (unpaired) electrons. The molecule has 1 aliphatic rings. The number of pyridine rings is 1. The van der Waals surface area contributed by atoms with Crippen LogP contribution in [0.3, 0.4) is 0 Å². The normalized spacial score (nSPS) is 13.2. The number of halogens is 3. The molecule has 3 rings (SSSR count). The molecule has 2 aromatic rings. The van der Waals surface area contributed by atoms with Gasteiger partial charge in [-0.2, -0.15) is 13.2 Å². The van der Waals surface area contributed by atoms with Crippen molar-refractivity contribution in [3.05, 3.63) is 58.9 Å². The number of nitrogens with one attached hydrogen (secondary N) is 1. The SMILES string of the molecule is COC(=O)N1CCc2c(cccc2NCC(=O)N(CCN(C)C(=O)OC(C)(C)C)Cc2ncccc2C(F)(F)F)C1. The quantitative estimate of drug-likeness (QED) is 0.490. The first-order valence-electron chi connectivity index (χ1n) is 13.1. The summed E-state index contributed by atoms with van der Waals surface area (Å²) in [6.07, 6.45) is -3.91. The van der Waals surface area contributed by atoms with E-state index in [9.17, 15) is 27.6 Å². The minimum absolute atomic E-state index is 0.0267. The van der Waals surface area contributed by atoms with Crippen LogP contribution in [0.1, 0.15) is 43.2 Å². The smallest absolute Gasteiger partial charge is 0.418 e. The van der Waals surface area contributed by atoms with Crippen molar-refractivity contribution >= 4 is 23.8 Å². The van der Waals surface area contributed by atoms with Crippen LogP contribution in [-0.4, -0.2) is 83.7 Å². The van der Waals surface area contributed by atoms with Crippen molar-refractivity contribution in [3.8, 4) is 0 Å². The Bertz CT molecular complexity index is 1250. The van der Waals surface area contributed by atoms with Crippen molar-refractivity contribution in [1.29, 1.82) is 0 Å². The third-order valence-electron chi connectivity index (χ3n) is 6.43. The minimum Gasteiger partial charge on any atom is -0.453 e. The molecule has 1 aromatic heterocycles. The van der Waals surface area contributed by atoms with E-state index in [1.54, 1.807) is 37.8 Å². The van der Waals surface area contributed by atoms with E-state index in [-0.39, 0.29) is 25.3 Å². The van der Waals surface area contributed by atoms with Gasteiger partial charge in [-0.05, 0) is 56.5 Å². The molecule has 0 saturated carbocycles. The summed E-state index contributed by atoms with van der Waals surface area (Å²) in [6.45, 7) is 5.31. The predicted molar refractivity (Wildman–Crippen MR) is 145 cm³/mol. The molecule has 1 aromatic carbocycles. The van der Waals surface area contributed by atoms with Crippen LogP contribution in [0.5, 0.6) is 0 Å². The van der Waals surface area contributed by atoms with Crippen molar-refractivity contribution < 1.29 is 37.0 Å². The molecule has 10 nitrogen and oxygen atoms in total. The average molecular weight is 580 g/mol. The van der Waals surface area contributed by atoms with Gasteiger partial charge in [0, 0.05) is 45.1 Å². The molecule has 2 heterocycles. The van der Waals surface area contributed by atoms with Gasteiger partial charge in [-0.3, -0.25) is 9.78 Å². The Morgan fingerprint density at radius 3 is 2.49 bits per heavy atom. The summed E-state index contributed by atoms with van der Waals surface area (Å²) in [5.41, 5.74) is 0.578. The number of aromatic nitrogens is 1. The van der Waals surface area contributed by atoms with E-state index in [1.165, 1.54) is 36.2 Å². The van der Waals surface area contributed by atoms with Gasteiger partial charge >= 0.3 is 18.4 Å². The average Bonchev–Trinajstić information content (AvgIpc) is 2.91. The number of carbonyl (C=O) groups is 3. The molecule has 0 aliphatic carbocycles. The molecular formula is C28H36F3N5O5. The van der Waals surface area contributed by atoms with E-state index in [2.05, 4.69) is 10.3 Å². The monoisotopic (exact) mass is 579 g/mol. The number of hydrogen-bond acceptors (Lipinski definition) is 7. The molecule has 0 saturated heterocycles. The summed E-state index contributed by atoms with van der Waals surface area (Å²) in [5, 5.41) is 3.11. The van der Waals surface area contributed by atoms with Crippen molar-refractivity contribution in [2.24, 2.45) is 0 Å². The van der Waals surface area contributed by atoms with Crippen LogP contribution >= 0.6 is 0 Å². The van der Waals surface area contributed by atoms with Crippen LogP contribution in [0.4, 0.5) is 28.4 Å². The van der Waals surface area contributed by atoms with Crippen LogP contribution in [-0.2, 0) is 40.0 Å². The third-order valence-corrected chi connectivity index (χ3v) is 6.43. The summed E-state index contributed by atoms with van der Waals surface area (Å²) in [7, 11) is 2.81. The van der Waals surface area contributed by atoms with Gasteiger partial charge < -0.3 is 29.5 Å². The maximum atomic E-state index is 13.6. The fraction of sp³-hybridized carbons (Fsp3) is 0.500. The van der Waals surface area contributed by atoms with Gasteiger partial charge in [0.15, 0.2) is 0 Å². The van der Waals surface area contributed by atoms with Gasteiger partial charge in [-0.1, -0.05) is 12.1 Å². The lowest BCUT2D eigenvalue weighted by Gasteiger charge is -2.30. The van der Waals surface area contributed by atoms with E-state index in [0.29, 0.717) is 25.2 Å². The summed E-state index contributed by atoms with van der Waals surface area (Å²) in [4.78, 5) is 45.7. The fourth-order valence-corrected chi connectivity index (χ4v) is 4.34. The summed E-state index contributed by atoms with van der Waals surface area (Å²) in [5.74, 6) is -0.481. The third kappa shape index (κ3) is 8.73. The van der Waals surface area contributed by atoms with E-state index in [0.717, 1.165) is 17.2 Å². The zero-order chi connectivity index (χ0) is 30.4. The summed E-state index contributed by atoms with van der Waals surface area (Å²) in [6, 6.07) is 7.60. The zero-order valence-corrected chi connectivity index (χ0v) is 23.9. The Morgan fingerprint density at radius 1 is 1.10 bits per heavy atom. The number of fused-ring (bicyclic) bond motifs is 1. The van der Waals surface area contributed by atoms with Gasteiger partial charge in [0.2, 0.25) is 5.91 Å². The van der Waals surface area contributed by atoms with Gasteiger partial charge in [0.1, 0.15) is 5.60 Å². The highest BCUT2D eigenvalue weighted by Crippen LogP contribution is 2.31.